The van der Waals surface area contributed by atoms with Crippen molar-refractivity contribution in [3.05, 3.63) is 39.1 Å². The Morgan fingerprint density at radius 1 is 1.47 bits per heavy atom. The molecule has 0 saturated heterocycles. The average Bonchev–Trinajstić information content (AvgIpc) is 3.09. The van der Waals surface area contributed by atoms with E-state index in [-0.39, 0.29) is 17.6 Å². The molecule has 98 valence electrons. The van der Waals surface area contributed by atoms with Crippen LogP contribution in [0.3, 0.4) is 0 Å². The Bertz CT molecular complexity index is 664. The van der Waals surface area contributed by atoms with Gasteiger partial charge in [-0.3, -0.25) is 0 Å². The van der Waals surface area contributed by atoms with Gasteiger partial charge < -0.3 is 9.52 Å². The van der Waals surface area contributed by atoms with Gasteiger partial charge in [0.25, 0.3) is 0 Å². The van der Waals surface area contributed by atoms with Crippen molar-refractivity contribution in [2.75, 3.05) is 0 Å². The molecule has 3 rings (SSSR count). The summed E-state index contributed by atoms with van der Waals surface area (Å²) in [5.41, 5.74) is 1.13. The SMILES string of the molecule is O=C(O)c1oc(-c2ccc(Br)cc2Cl)nc1C1CC1. The maximum atomic E-state index is 11.2. The van der Waals surface area contributed by atoms with Gasteiger partial charge in [-0.1, -0.05) is 27.5 Å². The van der Waals surface area contributed by atoms with E-state index in [0.717, 1.165) is 17.3 Å². The molecule has 0 aliphatic heterocycles. The van der Waals surface area contributed by atoms with Gasteiger partial charge in [0.1, 0.15) is 0 Å². The standard InChI is InChI=1S/C13H9BrClNO3/c14-7-3-4-8(9(15)5-7)12-16-10(6-1-2-6)11(19-12)13(17)18/h3-6H,1-2H2,(H,17,18). The van der Waals surface area contributed by atoms with Gasteiger partial charge in [-0.15, -0.1) is 0 Å². The highest BCUT2D eigenvalue weighted by Crippen LogP contribution is 2.43. The van der Waals surface area contributed by atoms with Gasteiger partial charge in [-0.25, -0.2) is 9.78 Å². The second-order valence-electron chi connectivity index (χ2n) is 4.44. The van der Waals surface area contributed by atoms with E-state index in [1.807, 2.05) is 6.07 Å². The van der Waals surface area contributed by atoms with Gasteiger partial charge in [0.15, 0.2) is 0 Å². The van der Waals surface area contributed by atoms with E-state index in [0.29, 0.717) is 16.3 Å². The third kappa shape index (κ3) is 2.40. The number of benzene rings is 1. The topological polar surface area (TPSA) is 63.3 Å². The summed E-state index contributed by atoms with van der Waals surface area (Å²) >= 11 is 9.44. The fourth-order valence-corrected chi connectivity index (χ4v) is 2.65. The Morgan fingerprint density at radius 3 is 2.79 bits per heavy atom. The fraction of sp³-hybridized carbons (Fsp3) is 0.231. The van der Waals surface area contributed by atoms with Crippen LogP contribution in [0.2, 0.25) is 5.02 Å². The molecular formula is C13H9BrClNO3. The van der Waals surface area contributed by atoms with Crippen molar-refractivity contribution >= 4 is 33.5 Å². The minimum absolute atomic E-state index is 0.0727. The molecule has 0 unspecified atom stereocenters. The molecule has 0 radical (unpaired) electrons. The summed E-state index contributed by atoms with van der Waals surface area (Å²) in [5.74, 6) is -0.694. The van der Waals surface area contributed by atoms with Crippen molar-refractivity contribution in [2.45, 2.75) is 18.8 Å². The first-order valence-corrected chi connectivity index (χ1v) is 6.93. The highest BCUT2D eigenvalue weighted by molar-refractivity contribution is 9.10. The summed E-state index contributed by atoms with van der Waals surface area (Å²) < 4.78 is 6.22. The highest BCUT2D eigenvalue weighted by Gasteiger charge is 2.33. The first kappa shape index (κ1) is 12.7. The number of hydrogen-bond donors (Lipinski definition) is 1. The van der Waals surface area contributed by atoms with Crippen LogP contribution in [0.15, 0.2) is 27.1 Å². The van der Waals surface area contributed by atoms with E-state index in [1.54, 1.807) is 12.1 Å². The molecule has 6 heteroatoms. The van der Waals surface area contributed by atoms with Crippen molar-refractivity contribution in [3.63, 3.8) is 0 Å². The lowest BCUT2D eigenvalue weighted by molar-refractivity contribution is 0.0661. The van der Waals surface area contributed by atoms with Crippen molar-refractivity contribution < 1.29 is 14.3 Å². The van der Waals surface area contributed by atoms with Gasteiger partial charge >= 0.3 is 5.97 Å². The second-order valence-corrected chi connectivity index (χ2v) is 5.76. The van der Waals surface area contributed by atoms with Gasteiger partial charge in [-0.2, -0.15) is 0 Å². The summed E-state index contributed by atoms with van der Waals surface area (Å²) in [4.78, 5) is 15.5. The van der Waals surface area contributed by atoms with Crippen LogP contribution in [0.5, 0.6) is 0 Å². The van der Waals surface area contributed by atoms with E-state index < -0.39 is 5.97 Å². The molecular weight excluding hydrogens is 334 g/mol. The van der Waals surface area contributed by atoms with Crippen LogP contribution in [0, 0.1) is 0 Å². The minimum atomic E-state index is -1.09. The molecule has 1 N–H and O–H groups in total. The molecule has 1 aliphatic rings. The monoisotopic (exact) mass is 341 g/mol. The van der Waals surface area contributed by atoms with Crippen LogP contribution in [0.25, 0.3) is 11.5 Å². The first-order chi connectivity index (χ1) is 9.06. The molecule has 0 atom stereocenters. The maximum Gasteiger partial charge on any atom is 0.373 e. The van der Waals surface area contributed by atoms with Gasteiger partial charge in [0, 0.05) is 10.4 Å². The molecule has 1 saturated carbocycles. The number of oxazole rings is 1. The van der Waals surface area contributed by atoms with E-state index >= 15 is 0 Å². The molecule has 2 aromatic rings. The van der Waals surface area contributed by atoms with Crippen molar-refractivity contribution in [3.8, 4) is 11.5 Å². The van der Waals surface area contributed by atoms with Crippen LogP contribution in [0.4, 0.5) is 0 Å². The third-order valence-corrected chi connectivity index (χ3v) is 3.78. The van der Waals surface area contributed by atoms with Crippen LogP contribution < -0.4 is 0 Å². The van der Waals surface area contributed by atoms with Crippen molar-refractivity contribution in [1.29, 1.82) is 0 Å². The van der Waals surface area contributed by atoms with Crippen LogP contribution in [0.1, 0.15) is 35.0 Å². The number of halogens is 2. The summed E-state index contributed by atoms with van der Waals surface area (Å²) in [5, 5.41) is 9.61. The smallest absolute Gasteiger partial charge is 0.373 e. The summed E-state index contributed by atoms with van der Waals surface area (Å²) in [6, 6.07) is 5.28. The number of rotatable bonds is 3. The number of carboxylic acids is 1. The molecule has 1 aliphatic carbocycles. The molecule has 1 aromatic carbocycles. The molecule has 1 aromatic heterocycles. The summed E-state index contributed by atoms with van der Waals surface area (Å²) in [7, 11) is 0. The Balaban J connectivity index is 2.10. The zero-order chi connectivity index (χ0) is 13.6. The van der Waals surface area contributed by atoms with E-state index in [4.69, 9.17) is 21.1 Å². The molecule has 0 amide bonds. The predicted molar refractivity (Wildman–Crippen MR) is 73.6 cm³/mol. The number of carbonyl (C=O) groups is 1. The first-order valence-electron chi connectivity index (χ1n) is 5.75. The molecule has 1 fully saturated rings. The van der Waals surface area contributed by atoms with Crippen LogP contribution in [-0.4, -0.2) is 16.1 Å². The Morgan fingerprint density at radius 2 is 2.21 bits per heavy atom. The predicted octanol–water partition coefficient (Wildman–Crippen LogP) is 4.33. The fourth-order valence-electron chi connectivity index (χ4n) is 1.90. The zero-order valence-electron chi connectivity index (χ0n) is 9.69. The lowest BCUT2D eigenvalue weighted by Gasteiger charge is -1.99. The quantitative estimate of drug-likeness (QED) is 0.901. The molecule has 1 heterocycles. The Labute approximate surface area is 122 Å². The van der Waals surface area contributed by atoms with Crippen molar-refractivity contribution in [2.24, 2.45) is 0 Å². The number of aromatic nitrogens is 1. The number of carboxylic acid groups (broad SMARTS) is 1. The number of nitrogens with zero attached hydrogens (tertiary/aromatic N) is 1. The maximum absolute atomic E-state index is 11.2. The van der Waals surface area contributed by atoms with Gasteiger partial charge in [0.2, 0.25) is 11.7 Å². The number of hydrogen-bond acceptors (Lipinski definition) is 3. The van der Waals surface area contributed by atoms with Gasteiger partial charge in [-0.05, 0) is 31.0 Å². The lowest BCUT2D eigenvalue weighted by atomic mass is 10.2. The van der Waals surface area contributed by atoms with E-state index in [1.165, 1.54) is 0 Å². The molecule has 4 nitrogen and oxygen atoms in total. The minimum Gasteiger partial charge on any atom is -0.475 e. The van der Waals surface area contributed by atoms with Crippen LogP contribution >= 0.6 is 27.5 Å². The normalized spacial score (nSPS) is 14.6. The van der Waals surface area contributed by atoms with Crippen molar-refractivity contribution in [1.82, 2.24) is 4.98 Å². The van der Waals surface area contributed by atoms with E-state index in [9.17, 15) is 4.79 Å². The average molecular weight is 343 g/mol. The molecule has 0 spiro atoms. The molecule has 0 bridgehead atoms. The largest absolute Gasteiger partial charge is 0.475 e. The number of aromatic carboxylic acids is 1. The Hall–Kier alpha value is -1.33. The highest BCUT2D eigenvalue weighted by atomic mass is 79.9. The Kier molecular flexibility index (Phi) is 3.11. The summed E-state index contributed by atoms with van der Waals surface area (Å²) in [6.07, 6.45) is 1.92. The lowest BCUT2D eigenvalue weighted by Crippen LogP contribution is -1.98. The second kappa shape index (κ2) is 4.65. The zero-order valence-corrected chi connectivity index (χ0v) is 12.0. The molecule has 19 heavy (non-hydrogen) atoms. The summed E-state index contributed by atoms with van der Waals surface area (Å²) in [6.45, 7) is 0. The van der Waals surface area contributed by atoms with Crippen LogP contribution in [-0.2, 0) is 0 Å². The van der Waals surface area contributed by atoms with E-state index in [2.05, 4.69) is 20.9 Å². The van der Waals surface area contributed by atoms with Gasteiger partial charge in [0.05, 0.1) is 16.3 Å². The third-order valence-electron chi connectivity index (χ3n) is 2.97.